The fourth-order valence-corrected chi connectivity index (χ4v) is 3.89. The molecule has 9 heteroatoms. The number of carbonyl (C=O) groups excluding carboxylic acids is 1. The van der Waals surface area contributed by atoms with E-state index in [0.717, 1.165) is 12.0 Å². The lowest BCUT2D eigenvalue weighted by molar-refractivity contribution is -0.116. The van der Waals surface area contributed by atoms with Crippen LogP contribution >= 0.6 is 0 Å². The summed E-state index contributed by atoms with van der Waals surface area (Å²) in [5.74, 6) is 1.63. The van der Waals surface area contributed by atoms with Crippen molar-refractivity contribution in [3.63, 3.8) is 0 Å². The van der Waals surface area contributed by atoms with Crippen molar-refractivity contribution in [3.8, 4) is 17.2 Å². The third-order valence-electron chi connectivity index (χ3n) is 4.26. The number of hydrogen-bond acceptors (Lipinski definition) is 6. The van der Waals surface area contributed by atoms with Gasteiger partial charge in [-0.25, -0.2) is 8.42 Å². The van der Waals surface area contributed by atoms with Crippen molar-refractivity contribution < 1.29 is 27.4 Å². The summed E-state index contributed by atoms with van der Waals surface area (Å²) in [6.45, 7) is 2.77. The Morgan fingerprint density at radius 1 is 1.14 bits per heavy atom. The van der Waals surface area contributed by atoms with Gasteiger partial charge in [0, 0.05) is 24.7 Å². The van der Waals surface area contributed by atoms with Crippen LogP contribution < -0.4 is 23.8 Å². The van der Waals surface area contributed by atoms with Gasteiger partial charge in [0.2, 0.25) is 22.7 Å². The smallest absolute Gasteiger partial charge is 0.232 e. The molecule has 0 atom stereocenters. The van der Waals surface area contributed by atoms with Crippen molar-refractivity contribution in [2.45, 2.75) is 19.8 Å². The van der Waals surface area contributed by atoms with Gasteiger partial charge in [0.15, 0.2) is 11.5 Å². The molecule has 1 aliphatic heterocycles. The molecule has 2 aromatic rings. The van der Waals surface area contributed by atoms with Crippen LogP contribution in [-0.2, 0) is 14.8 Å². The van der Waals surface area contributed by atoms with Crippen LogP contribution in [0.25, 0.3) is 0 Å². The molecule has 1 aliphatic rings. The number of ether oxygens (including phenoxy) is 3. The zero-order valence-electron chi connectivity index (χ0n) is 16.4. The van der Waals surface area contributed by atoms with Crippen LogP contribution in [0.3, 0.4) is 0 Å². The highest BCUT2D eigenvalue weighted by atomic mass is 32.2. The summed E-state index contributed by atoms with van der Waals surface area (Å²) in [4.78, 5) is 12.2. The Hall–Kier alpha value is -2.94. The number of fused-ring (bicyclic) bond motifs is 1. The number of rotatable bonds is 9. The Balaban J connectivity index is 1.57. The van der Waals surface area contributed by atoms with E-state index >= 15 is 0 Å². The number of nitrogens with one attached hydrogen (secondary N) is 1. The highest BCUT2D eigenvalue weighted by Crippen LogP contribution is 2.36. The Kier molecular flexibility index (Phi) is 6.48. The van der Waals surface area contributed by atoms with Gasteiger partial charge in [-0.05, 0) is 49.7 Å². The highest BCUT2D eigenvalue weighted by Gasteiger charge is 2.21. The van der Waals surface area contributed by atoms with Crippen LogP contribution in [-0.4, -0.2) is 40.5 Å². The molecule has 0 aromatic heterocycles. The molecule has 0 saturated heterocycles. The standard InChI is InChI=1S/C20H24N2O6S/c1-3-26-17-9-6-15(7-10-17)21-20(23)5-4-12-22(29(2,24)25)16-8-11-18-19(13-16)28-14-27-18/h6-11,13H,3-5,12,14H2,1-2H3,(H,21,23). The van der Waals surface area contributed by atoms with E-state index < -0.39 is 10.0 Å². The van der Waals surface area contributed by atoms with E-state index in [1.807, 2.05) is 6.92 Å². The van der Waals surface area contributed by atoms with E-state index in [9.17, 15) is 13.2 Å². The van der Waals surface area contributed by atoms with Gasteiger partial charge < -0.3 is 19.5 Å². The molecule has 1 heterocycles. The summed E-state index contributed by atoms with van der Waals surface area (Å²) < 4.78 is 41.7. The van der Waals surface area contributed by atoms with Gasteiger partial charge in [0.05, 0.1) is 18.6 Å². The van der Waals surface area contributed by atoms with Crippen LogP contribution in [0.5, 0.6) is 17.2 Å². The lowest BCUT2D eigenvalue weighted by atomic mass is 10.2. The minimum Gasteiger partial charge on any atom is -0.494 e. The van der Waals surface area contributed by atoms with Gasteiger partial charge in [-0.2, -0.15) is 0 Å². The third-order valence-corrected chi connectivity index (χ3v) is 5.45. The van der Waals surface area contributed by atoms with Crippen molar-refractivity contribution >= 4 is 27.3 Å². The largest absolute Gasteiger partial charge is 0.494 e. The van der Waals surface area contributed by atoms with Crippen LogP contribution in [0.2, 0.25) is 0 Å². The number of hydrogen-bond donors (Lipinski definition) is 1. The summed E-state index contributed by atoms with van der Waals surface area (Å²) in [5, 5.41) is 2.80. The Morgan fingerprint density at radius 3 is 2.55 bits per heavy atom. The van der Waals surface area contributed by atoms with Gasteiger partial charge in [-0.1, -0.05) is 0 Å². The second kappa shape index (κ2) is 9.04. The van der Waals surface area contributed by atoms with Crippen LogP contribution in [0.15, 0.2) is 42.5 Å². The summed E-state index contributed by atoms with van der Waals surface area (Å²) in [6.07, 6.45) is 1.69. The predicted octanol–water partition coefficient (Wildman–Crippen LogP) is 3.00. The van der Waals surface area contributed by atoms with E-state index in [0.29, 0.717) is 35.9 Å². The van der Waals surface area contributed by atoms with Crippen LogP contribution in [0.1, 0.15) is 19.8 Å². The summed E-state index contributed by atoms with van der Waals surface area (Å²) in [5.41, 5.74) is 1.14. The van der Waals surface area contributed by atoms with Crippen molar-refractivity contribution in [2.24, 2.45) is 0 Å². The predicted molar refractivity (Wildman–Crippen MR) is 110 cm³/mol. The summed E-state index contributed by atoms with van der Waals surface area (Å²) >= 11 is 0. The molecule has 3 rings (SSSR count). The molecule has 2 aromatic carbocycles. The number of amides is 1. The van der Waals surface area contributed by atoms with Crippen molar-refractivity contribution in [1.82, 2.24) is 0 Å². The van der Waals surface area contributed by atoms with E-state index in [4.69, 9.17) is 14.2 Å². The molecule has 0 fully saturated rings. The molecule has 0 bridgehead atoms. The van der Waals surface area contributed by atoms with E-state index in [1.165, 1.54) is 4.31 Å². The Bertz CT molecular complexity index is 959. The molecule has 0 aliphatic carbocycles. The monoisotopic (exact) mass is 420 g/mol. The maximum Gasteiger partial charge on any atom is 0.232 e. The first-order chi connectivity index (χ1) is 13.9. The fourth-order valence-electron chi connectivity index (χ4n) is 2.93. The normalized spacial score (nSPS) is 12.5. The highest BCUT2D eigenvalue weighted by molar-refractivity contribution is 7.92. The summed E-state index contributed by atoms with van der Waals surface area (Å²) in [7, 11) is -3.51. The average Bonchev–Trinajstić information content (AvgIpc) is 3.14. The van der Waals surface area contributed by atoms with E-state index in [1.54, 1.807) is 42.5 Å². The molecule has 0 radical (unpaired) electrons. The summed E-state index contributed by atoms with van der Waals surface area (Å²) in [6, 6.07) is 12.1. The van der Waals surface area contributed by atoms with E-state index in [-0.39, 0.29) is 25.7 Å². The van der Waals surface area contributed by atoms with Crippen LogP contribution in [0.4, 0.5) is 11.4 Å². The van der Waals surface area contributed by atoms with Gasteiger partial charge in [0.25, 0.3) is 0 Å². The third kappa shape index (κ3) is 5.54. The molecule has 0 unspecified atom stereocenters. The quantitative estimate of drug-likeness (QED) is 0.670. The average molecular weight is 420 g/mol. The number of nitrogens with zero attached hydrogens (tertiary/aromatic N) is 1. The Morgan fingerprint density at radius 2 is 1.86 bits per heavy atom. The van der Waals surface area contributed by atoms with Gasteiger partial charge in [0.1, 0.15) is 5.75 Å². The number of carbonyl (C=O) groups is 1. The minimum absolute atomic E-state index is 0.114. The number of sulfonamides is 1. The van der Waals surface area contributed by atoms with Gasteiger partial charge in [-0.15, -0.1) is 0 Å². The zero-order valence-corrected chi connectivity index (χ0v) is 17.2. The van der Waals surface area contributed by atoms with Crippen molar-refractivity contribution in [1.29, 1.82) is 0 Å². The molecular weight excluding hydrogens is 396 g/mol. The molecule has 8 nitrogen and oxygen atoms in total. The van der Waals surface area contributed by atoms with Crippen molar-refractivity contribution in [3.05, 3.63) is 42.5 Å². The molecular formula is C20H24N2O6S. The molecule has 0 saturated carbocycles. The first kappa shape index (κ1) is 20.8. The zero-order chi connectivity index (χ0) is 20.9. The van der Waals surface area contributed by atoms with E-state index in [2.05, 4.69) is 5.32 Å². The molecule has 0 spiro atoms. The van der Waals surface area contributed by atoms with Gasteiger partial charge >= 0.3 is 0 Å². The second-order valence-electron chi connectivity index (χ2n) is 6.48. The van der Waals surface area contributed by atoms with Crippen molar-refractivity contribution in [2.75, 3.05) is 35.8 Å². The molecule has 1 amide bonds. The minimum atomic E-state index is -3.51. The fraction of sp³-hybridized carbons (Fsp3) is 0.350. The maximum absolute atomic E-state index is 12.2. The van der Waals surface area contributed by atoms with Crippen LogP contribution in [0, 0.1) is 0 Å². The Labute approximate surface area is 170 Å². The number of benzene rings is 2. The first-order valence-electron chi connectivity index (χ1n) is 9.27. The molecule has 156 valence electrons. The number of anilines is 2. The van der Waals surface area contributed by atoms with Gasteiger partial charge in [-0.3, -0.25) is 9.10 Å². The molecule has 1 N–H and O–H groups in total. The molecule has 29 heavy (non-hydrogen) atoms. The maximum atomic E-state index is 12.2. The lowest BCUT2D eigenvalue weighted by Crippen LogP contribution is -2.31. The topological polar surface area (TPSA) is 94.2 Å². The SMILES string of the molecule is CCOc1ccc(NC(=O)CCCN(c2ccc3c(c2)OCO3)S(C)(=O)=O)cc1. The first-order valence-corrected chi connectivity index (χ1v) is 11.1. The lowest BCUT2D eigenvalue weighted by Gasteiger charge is -2.22. The second-order valence-corrected chi connectivity index (χ2v) is 8.39.